The van der Waals surface area contributed by atoms with Crippen LogP contribution in [0.1, 0.15) is 85.8 Å². The molecule has 51 heteroatoms. The van der Waals surface area contributed by atoms with Crippen LogP contribution in [0.3, 0.4) is 0 Å². The number of aliphatic carboxylic acids is 2. The van der Waals surface area contributed by atoms with Crippen LogP contribution >= 0.6 is 0 Å². The number of carbonyl (C=O) groups is 6. The predicted molar refractivity (Wildman–Crippen MR) is 335 cm³/mol. The molecular formula is C59H94N8Na6O35S2-2. The molecule has 110 heavy (non-hydrogen) atoms. The van der Waals surface area contributed by atoms with Crippen LogP contribution in [0, 0.1) is 36.5 Å². The molecule has 6 aliphatic rings. The van der Waals surface area contributed by atoms with E-state index in [0.29, 0.717) is 25.0 Å². The summed E-state index contributed by atoms with van der Waals surface area (Å²) in [6.45, 7) is 19.1. The molecule has 0 bridgehead atoms. The van der Waals surface area contributed by atoms with Crippen molar-refractivity contribution in [3.63, 3.8) is 0 Å². The van der Waals surface area contributed by atoms with Crippen LogP contribution in [0.4, 0.5) is 0 Å². The summed E-state index contributed by atoms with van der Waals surface area (Å²) in [5, 5.41) is 119. The number of ether oxygens (including phenoxy) is 11. The molecule has 7 rings (SSSR count). The van der Waals surface area contributed by atoms with E-state index in [9.17, 15) is 79.8 Å². The van der Waals surface area contributed by atoms with Gasteiger partial charge >= 0.3 is 177 Å². The van der Waals surface area contributed by atoms with Gasteiger partial charge in [-0.25, -0.2) is 21.5 Å². The largest absolute Gasteiger partial charge is 1.00 e. The molecule has 600 valence electrons. The normalized spacial score (nSPS) is 32.1. The van der Waals surface area contributed by atoms with Crippen molar-refractivity contribution in [1.82, 2.24) is 30.1 Å². The third kappa shape index (κ3) is 34.9. The fraction of sp³-hybridized carbons (Fsp3) is 0.831. The van der Waals surface area contributed by atoms with Gasteiger partial charge in [-0.3, -0.25) is 33.2 Å². The first-order valence-electron chi connectivity index (χ1n) is 32.8. The number of nitrogens with one attached hydrogen (secondary N) is 3. The zero-order chi connectivity index (χ0) is 78.3. The monoisotopic (exact) mass is 1680 g/mol. The summed E-state index contributed by atoms with van der Waals surface area (Å²) < 4.78 is 128. The van der Waals surface area contributed by atoms with Crippen LogP contribution in [-0.2, 0) is 115 Å². The van der Waals surface area contributed by atoms with Crippen LogP contribution in [0.5, 0.6) is 0 Å². The summed E-state index contributed by atoms with van der Waals surface area (Å²) in [5.41, 5.74) is 15.8. The molecule has 0 aliphatic carbocycles. The Kier molecular flexibility index (Phi) is 53.2. The third-order valence-electron chi connectivity index (χ3n) is 17.1. The molecule has 24 atom stereocenters. The van der Waals surface area contributed by atoms with Crippen molar-refractivity contribution in [3.05, 3.63) is 37.2 Å². The minimum absolute atomic E-state index is 0. The molecule has 43 nitrogen and oxygen atoms in total. The SMILES string of the molecule is O=S(=O)([O-])O.O=S(=O)([O-])O.[CH2-]C1O[C@H](O[C@@H]2C(C(=O)[O-])O[C@@H](OCCCOCCNC(=O)CCC(=O)N(CCCCCN3C(=O)[C@@H]4[C@H](C3=O)[C@H](C(C)(C)C)O[C@@H]4C(C)(C)C)Cc3cn(CCOCCO[C@@H]4OC(C(=O)[O-])[C@@H](O[C@H]5OC([CH2-])[C@@H](O)[C@H](O)C5[NH-])[C@H](O)C4O)nn3)C(O)[C@H]2O)C([NH-])[C@@H](O)[C@@H]1O.[Na+].[Na+].[Na+].[Na+].[Na+].[Na+]. The van der Waals surface area contributed by atoms with E-state index in [-0.39, 0.29) is 287 Å². The molecule has 4 amide bonds. The van der Waals surface area contributed by atoms with Crippen LogP contribution < -0.4 is 193 Å². The van der Waals surface area contributed by atoms with E-state index in [4.69, 9.17) is 98.6 Å². The van der Waals surface area contributed by atoms with Gasteiger partial charge in [0, 0.05) is 39.1 Å². The topological polar surface area (TPSA) is 664 Å². The molecule has 1 aromatic heterocycles. The van der Waals surface area contributed by atoms with Crippen molar-refractivity contribution in [2.45, 2.75) is 228 Å². The molecule has 0 saturated carbocycles. The molecule has 6 saturated heterocycles. The minimum atomic E-state index is -4.92. The summed E-state index contributed by atoms with van der Waals surface area (Å²) in [4.78, 5) is 81.6. The van der Waals surface area contributed by atoms with Crippen molar-refractivity contribution in [3.8, 4) is 0 Å². The Morgan fingerprint density at radius 1 is 0.573 bits per heavy atom. The number of unbranched alkanes of at least 4 members (excludes halogenated alkanes) is 2. The number of carboxylic acid groups (broad SMARTS) is 2. The average molecular weight is 1680 g/mol. The number of likely N-dealkylation sites (tertiary alicyclic amines) is 1. The summed E-state index contributed by atoms with van der Waals surface area (Å²) in [5.74, 6) is -6.24. The maximum absolute atomic E-state index is 13.9. The van der Waals surface area contributed by atoms with Crippen molar-refractivity contribution >= 4 is 56.4 Å². The number of rotatable bonds is 32. The Morgan fingerprint density at radius 2 is 1.01 bits per heavy atom. The zero-order valence-corrected chi connectivity index (χ0v) is 77.2. The molecule has 0 radical (unpaired) electrons. The van der Waals surface area contributed by atoms with Gasteiger partial charge < -0.3 is 157 Å². The number of aliphatic hydroxyl groups is 8. The molecule has 13 N–H and O–H groups in total. The Labute approximate surface area is 769 Å². The maximum atomic E-state index is 13.9. The fourth-order valence-electron chi connectivity index (χ4n) is 11.9. The number of hydrogen-bond acceptors (Lipinski definition) is 35. The Bertz CT molecular complexity index is 3120. The Morgan fingerprint density at radius 3 is 1.45 bits per heavy atom. The van der Waals surface area contributed by atoms with Gasteiger partial charge in [0.25, 0.3) is 0 Å². The summed E-state index contributed by atoms with van der Waals surface area (Å²) in [7, 11) is -9.83. The molecule has 6 fully saturated rings. The number of hydrogen-bond donors (Lipinski definition) is 11. The van der Waals surface area contributed by atoms with Gasteiger partial charge in [-0.05, 0) is 48.7 Å². The minimum Gasteiger partial charge on any atom is -0.726 e. The van der Waals surface area contributed by atoms with E-state index in [1.54, 1.807) is 6.20 Å². The van der Waals surface area contributed by atoms with E-state index in [1.165, 1.54) is 14.5 Å². The number of amides is 4. The Balaban J connectivity index is 0. The van der Waals surface area contributed by atoms with Crippen molar-refractivity contribution < 1.29 is 344 Å². The second-order valence-electron chi connectivity index (χ2n) is 27.2. The molecule has 0 spiro atoms. The quantitative estimate of drug-likeness (QED) is 0.00797. The number of aromatic nitrogens is 3. The van der Waals surface area contributed by atoms with E-state index < -0.39 is 196 Å². The van der Waals surface area contributed by atoms with Gasteiger partial charge in [-0.2, -0.15) is 0 Å². The first-order valence-corrected chi connectivity index (χ1v) is 35.5. The van der Waals surface area contributed by atoms with Gasteiger partial charge in [0.2, 0.25) is 44.4 Å². The molecule has 1 aromatic rings. The van der Waals surface area contributed by atoms with Crippen molar-refractivity contribution in [2.24, 2.45) is 22.7 Å². The maximum Gasteiger partial charge on any atom is 1.00 e. The van der Waals surface area contributed by atoms with E-state index >= 15 is 0 Å². The van der Waals surface area contributed by atoms with Gasteiger partial charge in [0.1, 0.15) is 67.1 Å². The first kappa shape index (κ1) is 113. The number of carboxylic acids is 2. The second kappa shape index (κ2) is 51.7. The van der Waals surface area contributed by atoms with E-state index in [0.717, 1.165) is 0 Å². The smallest absolute Gasteiger partial charge is 0.726 e. The summed E-state index contributed by atoms with van der Waals surface area (Å²) >= 11 is 0. The van der Waals surface area contributed by atoms with Gasteiger partial charge in [-0.15, -0.1) is 5.10 Å². The van der Waals surface area contributed by atoms with Gasteiger partial charge in [-0.1, -0.05) is 58.8 Å². The number of imide groups is 1. The van der Waals surface area contributed by atoms with Crippen LogP contribution in [-0.4, -0.2) is 330 Å². The van der Waals surface area contributed by atoms with Crippen LogP contribution in [0.25, 0.3) is 11.5 Å². The first-order chi connectivity index (χ1) is 48.2. The van der Waals surface area contributed by atoms with E-state index in [2.05, 4.69) is 29.5 Å². The molecule has 8 unspecified atom stereocenters. The van der Waals surface area contributed by atoms with Gasteiger partial charge in [0.05, 0.1) is 113 Å². The second-order valence-corrected chi connectivity index (χ2v) is 28.9. The molecule has 0 aromatic carbocycles. The van der Waals surface area contributed by atoms with Crippen LogP contribution in [0.15, 0.2) is 6.20 Å². The molecule has 6 aliphatic heterocycles. The Hall–Kier alpha value is 1.06. The van der Waals surface area contributed by atoms with E-state index in [1.807, 2.05) is 41.5 Å². The summed E-state index contributed by atoms with van der Waals surface area (Å²) in [6.07, 6.45) is -29.2. The zero-order valence-electron chi connectivity index (χ0n) is 63.6. The van der Waals surface area contributed by atoms with Crippen LogP contribution in [0.2, 0.25) is 0 Å². The number of carbonyl (C=O) groups excluding carboxylic acids is 6. The number of fused-ring (bicyclic) bond motifs is 1. The molecule has 7 heterocycles. The van der Waals surface area contributed by atoms with Crippen molar-refractivity contribution in [1.29, 1.82) is 0 Å². The number of aliphatic hydroxyl groups excluding tert-OH is 8. The number of nitrogens with zero attached hydrogens (tertiary/aromatic N) is 5. The standard InChI is InChI=1S/C59H94N8O27.6Na.2H2O4S/c1-27-36(70)38(72)34(60)54(88-27)90-44-40(74)42(76)56(92-46(44)52(80)81)86-20-12-19-84-21-15-62-30(68)13-14-31(69)65(16-10-9-11-17-67-50(78)32-33(51(67)79)49(59(6,7)8)94-48(32)58(3,4)5)25-29-26-66(64-63-29)18-22-85-23-24-87-57-43(77)41(75)45(47(93-57)53(82)83)91-55-35(61)39(73)37(71)28(2)89-55;;;;;;;2*1-5(2,3)4/h26-28,32-49,54-57,60-61,70-77H,1-2,9-25H2,3-8H3,(H,62,68)(H,80,81)(H,82,83);;;;;;;2*(H2,1,2,3,4)/q-4;6*+1;;/p-4/t27?,28?,32-,33+,34?,35?,36-,37-,38-,39-,40-,41-,42?,43?,44+,45+,46?,47?,48+,49-,54-,55-,56-,57-;;;;;;;;/m1......../s1. The fourth-order valence-corrected chi connectivity index (χ4v) is 11.9. The predicted octanol–water partition coefficient (Wildman–Crippen LogP) is -25.8. The summed E-state index contributed by atoms with van der Waals surface area (Å²) in [6, 6.07) is -3.29. The van der Waals surface area contributed by atoms with Gasteiger partial charge in [0.15, 0.2) is 12.6 Å². The third-order valence-corrected chi connectivity index (χ3v) is 17.1. The molecular weight excluding hydrogens is 1580 g/mol. The average Bonchev–Trinajstić information content (AvgIpc) is 1.56. The van der Waals surface area contributed by atoms with Crippen molar-refractivity contribution in [2.75, 3.05) is 59.3 Å².